The van der Waals surface area contributed by atoms with Crippen LogP contribution >= 0.6 is 0 Å². The Balaban J connectivity index is 2.56. The highest BCUT2D eigenvalue weighted by atomic mass is 16.5. The molecule has 0 saturated heterocycles. The smallest absolute Gasteiger partial charge is 0.261 e. The minimum Gasteiger partial charge on any atom is -0.494 e. The molecule has 5 heteroatoms. The lowest BCUT2D eigenvalue weighted by Crippen LogP contribution is -2.25. The van der Waals surface area contributed by atoms with E-state index >= 15 is 0 Å². The molecular formula is C12H15N3O2. The number of rotatable bonds is 4. The molecule has 0 spiro atoms. The number of likely N-dealkylation sites (N-methyl/N-ethyl adjacent to an activating group) is 1. The maximum atomic E-state index is 12.1. The zero-order chi connectivity index (χ0) is 12.3. The second-order valence-electron chi connectivity index (χ2n) is 3.70. The molecule has 2 aromatic rings. The standard InChI is InChI=1S/C12H15N3O2/c1-13-6-7-15-8-14-11-9(12(15)16)4-3-5-10(11)17-2/h3-5,8,13H,6-7H2,1-2H3. The molecule has 0 fully saturated rings. The Morgan fingerprint density at radius 1 is 1.47 bits per heavy atom. The van der Waals surface area contributed by atoms with Crippen molar-refractivity contribution in [2.24, 2.45) is 0 Å². The fourth-order valence-electron chi connectivity index (χ4n) is 1.72. The monoisotopic (exact) mass is 233 g/mol. The average molecular weight is 233 g/mol. The van der Waals surface area contributed by atoms with Crippen molar-refractivity contribution in [3.63, 3.8) is 0 Å². The summed E-state index contributed by atoms with van der Waals surface area (Å²) in [7, 11) is 3.42. The van der Waals surface area contributed by atoms with E-state index in [2.05, 4.69) is 10.3 Å². The summed E-state index contributed by atoms with van der Waals surface area (Å²) in [6.45, 7) is 1.34. The molecule has 90 valence electrons. The molecule has 1 aromatic heterocycles. The topological polar surface area (TPSA) is 56.1 Å². The van der Waals surface area contributed by atoms with Gasteiger partial charge in [-0.1, -0.05) is 6.07 Å². The molecule has 0 unspecified atom stereocenters. The van der Waals surface area contributed by atoms with Crippen LogP contribution in [0.3, 0.4) is 0 Å². The quantitative estimate of drug-likeness (QED) is 0.841. The van der Waals surface area contributed by atoms with E-state index in [1.165, 1.54) is 0 Å². The van der Waals surface area contributed by atoms with Crippen molar-refractivity contribution in [1.29, 1.82) is 0 Å². The summed E-state index contributed by atoms with van der Waals surface area (Å²) < 4.78 is 6.78. The summed E-state index contributed by atoms with van der Waals surface area (Å²) in [5.74, 6) is 0.625. The third-order valence-electron chi connectivity index (χ3n) is 2.64. The number of ether oxygens (including phenoxy) is 1. The van der Waals surface area contributed by atoms with Crippen LogP contribution < -0.4 is 15.6 Å². The summed E-state index contributed by atoms with van der Waals surface area (Å²) >= 11 is 0. The summed E-state index contributed by atoms with van der Waals surface area (Å²) in [5, 5.41) is 3.59. The van der Waals surface area contributed by atoms with Crippen LogP contribution in [0.2, 0.25) is 0 Å². The highest BCUT2D eigenvalue weighted by Gasteiger charge is 2.07. The van der Waals surface area contributed by atoms with Crippen LogP contribution in [0, 0.1) is 0 Å². The van der Waals surface area contributed by atoms with Crippen molar-refractivity contribution in [3.05, 3.63) is 34.9 Å². The third kappa shape index (κ3) is 2.14. The Morgan fingerprint density at radius 3 is 3.00 bits per heavy atom. The van der Waals surface area contributed by atoms with E-state index in [-0.39, 0.29) is 5.56 Å². The molecule has 0 bridgehead atoms. The minimum atomic E-state index is -0.0378. The van der Waals surface area contributed by atoms with Crippen LogP contribution in [-0.4, -0.2) is 30.3 Å². The maximum absolute atomic E-state index is 12.1. The van der Waals surface area contributed by atoms with Gasteiger partial charge < -0.3 is 10.1 Å². The van der Waals surface area contributed by atoms with Gasteiger partial charge in [-0.3, -0.25) is 9.36 Å². The van der Waals surface area contributed by atoms with Crippen LogP contribution in [0.25, 0.3) is 10.9 Å². The number of aromatic nitrogens is 2. The summed E-state index contributed by atoms with van der Waals surface area (Å²) in [6.07, 6.45) is 1.56. The lowest BCUT2D eigenvalue weighted by molar-refractivity contribution is 0.418. The van der Waals surface area contributed by atoms with Crippen LogP contribution in [0.1, 0.15) is 0 Å². The van der Waals surface area contributed by atoms with E-state index in [0.717, 1.165) is 6.54 Å². The van der Waals surface area contributed by atoms with Gasteiger partial charge in [0.1, 0.15) is 11.3 Å². The molecule has 0 saturated carbocycles. The number of methoxy groups -OCH3 is 1. The van der Waals surface area contributed by atoms with Gasteiger partial charge in [0.15, 0.2) is 0 Å². The summed E-state index contributed by atoms with van der Waals surface area (Å²) in [6, 6.07) is 5.36. The molecule has 2 rings (SSSR count). The van der Waals surface area contributed by atoms with Crippen molar-refractivity contribution < 1.29 is 4.74 Å². The Hall–Kier alpha value is -1.88. The molecule has 1 heterocycles. The van der Waals surface area contributed by atoms with Crippen molar-refractivity contribution in [2.75, 3.05) is 20.7 Å². The van der Waals surface area contributed by atoms with Gasteiger partial charge in [-0.2, -0.15) is 0 Å². The number of nitrogens with one attached hydrogen (secondary N) is 1. The normalized spacial score (nSPS) is 10.7. The number of fused-ring (bicyclic) bond motifs is 1. The van der Waals surface area contributed by atoms with Crippen molar-refractivity contribution in [2.45, 2.75) is 6.54 Å². The highest BCUT2D eigenvalue weighted by Crippen LogP contribution is 2.19. The molecular weight excluding hydrogens is 218 g/mol. The Kier molecular flexibility index (Phi) is 3.39. The van der Waals surface area contributed by atoms with Crippen LogP contribution in [0.4, 0.5) is 0 Å². The molecule has 1 N–H and O–H groups in total. The van der Waals surface area contributed by atoms with E-state index in [9.17, 15) is 4.79 Å². The number of para-hydroxylation sites is 1. The Bertz CT molecular complexity index is 577. The van der Waals surface area contributed by atoms with Crippen molar-refractivity contribution >= 4 is 10.9 Å². The maximum Gasteiger partial charge on any atom is 0.261 e. The van der Waals surface area contributed by atoms with Crippen LogP contribution in [0.5, 0.6) is 5.75 Å². The highest BCUT2D eigenvalue weighted by molar-refractivity contribution is 5.83. The van der Waals surface area contributed by atoms with E-state index in [4.69, 9.17) is 4.74 Å². The van der Waals surface area contributed by atoms with Crippen LogP contribution in [0.15, 0.2) is 29.3 Å². The average Bonchev–Trinajstić information content (AvgIpc) is 2.37. The predicted molar refractivity (Wildman–Crippen MR) is 66.5 cm³/mol. The molecule has 5 nitrogen and oxygen atoms in total. The summed E-state index contributed by atoms with van der Waals surface area (Å²) in [4.78, 5) is 16.4. The first-order valence-corrected chi connectivity index (χ1v) is 5.44. The number of hydrogen-bond acceptors (Lipinski definition) is 4. The van der Waals surface area contributed by atoms with Crippen molar-refractivity contribution in [1.82, 2.24) is 14.9 Å². The molecule has 0 radical (unpaired) electrons. The first-order chi connectivity index (χ1) is 8.27. The van der Waals surface area contributed by atoms with E-state index in [1.54, 1.807) is 36.2 Å². The van der Waals surface area contributed by atoms with Crippen LogP contribution in [-0.2, 0) is 6.54 Å². The fraction of sp³-hybridized carbons (Fsp3) is 0.333. The minimum absolute atomic E-state index is 0.0378. The van der Waals surface area contributed by atoms with Gasteiger partial charge in [-0.15, -0.1) is 0 Å². The second kappa shape index (κ2) is 4.97. The molecule has 0 atom stereocenters. The molecule has 0 amide bonds. The first kappa shape index (κ1) is 11.6. The lowest BCUT2D eigenvalue weighted by atomic mass is 10.2. The van der Waals surface area contributed by atoms with Gasteiger partial charge in [-0.25, -0.2) is 4.98 Å². The molecule has 1 aromatic carbocycles. The van der Waals surface area contributed by atoms with Gasteiger partial charge in [0.2, 0.25) is 0 Å². The van der Waals surface area contributed by atoms with Gasteiger partial charge in [0.05, 0.1) is 18.8 Å². The molecule has 17 heavy (non-hydrogen) atoms. The molecule has 0 aliphatic heterocycles. The summed E-state index contributed by atoms with van der Waals surface area (Å²) in [5.41, 5.74) is 0.574. The third-order valence-corrected chi connectivity index (χ3v) is 2.64. The van der Waals surface area contributed by atoms with E-state index in [0.29, 0.717) is 23.2 Å². The Morgan fingerprint density at radius 2 is 2.29 bits per heavy atom. The number of hydrogen-bond donors (Lipinski definition) is 1. The van der Waals surface area contributed by atoms with Gasteiger partial charge >= 0.3 is 0 Å². The Labute approximate surface area is 99.0 Å². The molecule has 0 aliphatic carbocycles. The van der Waals surface area contributed by atoms with Crippen molar-refractivity contribution in [3.8, 4) is 5.75 Å². The lowest BCUT2D eigenvalue weighted by Gasteiger charge is -2.08. The predicted octanol–water partition coefficient (Wildman–Crippen LogP) is 0.624. The van der Waals surface area contributed by atoms with E-state index in [1.807, 2.05) is 7.05 Å². The SMILES string of the molecule is CNCCn1cnc2c(OC)cccc2c1=O. The second-order valence-corrected chi connectivity index (χ2v) is 3.70. The van der Waals surface area contributed by atoms with Gasteiger partial charge in [0, 0.05) is 13.1 Å². The van der Waals surface area contributed by atoms with Gasteiger partial charge in [0.25, 0.3) is 5.56 Å². The zero-order valence-electron chi connectivity index (χ0n) is 9.93. The number of benzene rings is 1. The number of nitrogens with zero attached hydrogens (tertiary/aromatic N) is 2. The first-order valence-electron chi connectivity index (χ1n) is 5.44. The zero-order valence-corrected chi connectivity index (χ0v) is 9.93. The fourth-order valence-corrected chi connectivity index (χ4v) is 1.72. The molecule has 0 aliphatic rings. The van der Waals surface area contributed by atoms with E-state index < -0.39 is 0 Å². The largest absolute Gasteiger partial charge is 0.494 e. The van der Waals surface area contributed by atoms with Gasteiger partial charge in [-0.05, 0) is 19.2 Å².